The van der Waals surface area contributed by atoms with E-state index < -0.39 is 75.0 Å². The number of ketones is 1. The fourth-order valence-corrected chi connectivity index (χ4v) is 6.24. The predicted molar refractivity (Wildman–Crippen MR) is 169 cm³/mol. The second kappa shape index (κ2) is 14.9. The van der Waals surface area contributed by atoms with Crippen molar-refractivity contribution in [2.45, 2.75) is 37.4 Å². The van der Waals surface area contributed by atoms with Crippen LogP contribution in [0.4, 0.5) is 15.8 Å². The number of nitrogens with one attached hydrogen (secondary N) is 1. The SMILES string of the molecule is COCCN1[C@@H](CC(=O)c2ccc(C(=O)OC)cc2[N+](=O)[O-])[C@@H]([N+](=O)[O-])[C@H](c2cccc(Cl)c2F)[C@@H]1C(=O)Nc1cc(Cl)ccc1C. The first-order valence-corrected chi connectivity index (χ1v) is 14.8. The molecule has 0 radical (unpaired) electrons. The van der Waals surface area contributed by atoms with Crippen LogP contribution < -0.4 is 5.32 Å². The van der Waals surface area contributed by atoms with Crippen molar-refractivity contribution >= 4 is 52.2 Å². The van der Waals surface area contributed by atoms with Crippen molar-refractivity contribution < 1.29 is 38.1 Å². The predicted octanol–water partition coefficient (Wildman–Crippen LogP) is 5.48. The number of rotatable bonds is 12. The zero-order valence-corrected chi connectivity index (χ0v) is 26.8. The molecule has 1 aliphatic heterocycles. The standard InChI is InChI=1S/C31H29Cl2FN4O9/c1-16-7-9-18(32)14-22(16)35-30(40)29-26(20-5-4-6-21(33)27(20)34)28(38(44)45)24(36(29)11-12-46-2)15-25(39)19-10-8-17(31(41)47-3)13-23(19)37(42)43/h4-10,13-14,24,26,28-29H,11-12,15H2,1-3H3,(H,35,40)/t24-,26-,28+,29+/m0/s1. The number of carbonyl (C=O) groups excluding carboxylic acids is 3. The van der Waals surface area contributed by atoms with E-state index in [0.29, 0.717) is 16.3 Å². The van der Waals surface area contributed by atoms with Gasteiger partial charge in [-0.3, -0.25) is 34.7 Å². The minimum absolute atomic E-state index is 0.0478. The number of Topliss-reactive ketones (excluding diaryl/α,β-unsaturated/α-hetero) is 1. The lowest BCUT2D eigenvalue weighted by Crippen LogP contribution is -2.47. The topological polar surface area (TPSA) is 171 Å². The molecule has 248 valence electrons. The first kappa shape index (κ1) is 35.4. The van der Waals surface area contributed by atoms with Crippen molar-refractivity contribution in [2.24, 2.45) is 0 Å². The van der Waals surface area contributed by atoms with Gasteiger partial charge in [0, 0.05) is 47.3 Å². The summed E-state index contributed by atoms with van der Waals surface area (Å²) in [5.41, 5.74) is -0.642. The number of methoxy groups -OCH3 is 2. The molecule has 3 aromatic rings. The van der Waals surface area contributed by atoms with Gasteiger partial charge in [-0.05, 0) is 42.8 Å². The van der Waals surface area contributed by atoms with E-state index in [4.69, 9.17) is 27.9 Å². The highest BCUT2D eigenvalue weighted by Gasteiger charge is 2.59. The second-order valence-corrected chi connectivity index (χ2v) is 11.6. The van der Waals surface area contributed by atoms with Gasteiger partial charge in [0.05, 0.1) is 46.7 Å². The van der Waals surface area contributed by atoms with Crippen molar-refractivity contribution in [3.05, 3.63) is 113 Å². The monoisotopic (exact) mass is 690 g/mol. The van der Waals surface area contributed by atoms with Crippen molar-refractivity contribution in [1.82, 2.24) is 4.90 Å². The Balaban J connectivity index is 1.87. The maximum absolute atomic E-state index is 15.7. The van der Waals surface area contributed by atoms with Crippen LogP contribution in [0.3, 0.4) is 0 Å². The number of nitro groups is 2. The smallest absolute Gasteiger partial charge is 0.338 e. The van der Waals surface area contributed by atoms with E-state index in [-0.39, 0.29) is 29.3 Å². The average molecular weight is 691 g/mol. The van der Waals surface area contributed by atoms with Crippen molar-refractivity contribution in [3.8, 4) is 0 Å². The van der Waals surface area contributed by atoms with Crippen LogP contribution in [0.1, 0.15) is 44.2 Å². The molecule has 1 amide bonds. The van der Waals surface area contributed by atoms with Gasteiger partial charge in [-0.2, -0.15) is 0 Å². The minimum atomic E-state index is -1.77. The molecule has 1 fully saturated rings. The molecular weight excluding hydrogens is 662 g/mol. The third kappa shape index (κ3) is 7.41. The maximum Gasteiger partial charge on any atom is 0.338 e. The van der Waals surface area contributed by atoms with Gasteiger partial charge in [0.2, 0.25) is 11.9 Å². The van der Waals surface area contributed by atoms with Crippen LogP contribution in [0, 0.1) is 33.0 Å². The van der Waals surface area contributed by atoms with Crippen LogP contribution >= 0.6 is 23.2 Å². The average Bonchev–Trinajstić information content (AvgIpc) is 3.35. The summed E-state index contributed by atoms with van der Waals surface area (Å²) in [6.07, 6.45) is -0.688. The molecule has 1 N–H and O–H groups in total. The summed E-state index contributed by atoms with van der Waals surface area (Å²) in [5, 5.41) is 27.5. The van der Waals surface area contributed by atoms with E-state index in [1.165, 1.54) is 36.3 Å². The first-order valence-electron chi connectivity index (χ1n) is 14.1. The van der Waals surface area contributed by atoms with E-state index in [2.05, 4.69) is 10.1 Å². The largest absolute Gasteiger partial charge is 0.465 e. The maximum atomic E-state index is 15.7. The molecule has 4 atom stereocenters. The summed E-state index contributed by atoms with van der Waals surface area (Å²) < 4.78 is 25.5. The number of amides is 1. The van der Waals surface area contributed by atoms with Gasteiger partial charge in [0.1, 0.15) is 11.9 Å². The van der Waals surface area contributed by atoms with Gasteiger partial charge in [-0.15, -0.1) is 0 Å². The number of hydrogen-bond donors (Lipinski definition) is 1. The lowest BCUT2D eigenvalue weighted by atomic mass is 9.84. The number of ether oxygens (including phenoxy) is 2. The van der Waals surface area contributed by atoms with Crippen LogP contribution in [0.15, 0.2) is 54.6 Å². The Hall–Kier alpha value is -4.50. The molecular formula is C31H29Cl2FN4O9. The Bertz CT molecular complexity index is 1740. The zero-order chi connectivity index (χ0) is 34.6. The summed E-state index contributed by atoms with van der Waals surface area (Å²) in [6, 6.07) is 7.16. The first-order chi connectivity index (χ1) is 22.3. The van der Waals surface area contributed by atoms with E-state index in [1.54, 1.807) is 19.1 Å². The van der Waals surface area contributed by atoms with Gasteiger partial charge in [-0.25, -0.2) is 9.18 Å². The summed E-state index contributed by atoms with van der Waals surface area (Å²) in [7, 11) is 2.45. The fraction of sp³-hybridized carbons (Fsp3) is 0.323. The third-order valence-corrected chi connectivity index (χ3v) is 8.59. The molecule has 1 saturated heterocycles. The lowest BCUT2D eigenvalue weighted by Gasteiger charge is -2.29. The zero-order valence-electron chi connectivity index (χ0n) is 25.3. The number of benzene rings is 3. The Morgan fingerprint density at radius 1 is 1.04 bits per heavy atom. The molecule has 0 spiro atoms. The number of anilines is 1. The Morgan fingerprint density at radius 2 is 1.77 bits per heavy atom. The number of nitro benzene ring substituents is 1. The van der Waals surface area contributed by atoms with Crippen molar-refractivity contribution in [1.29, 1.82) is 0 Å². The summed E-state index contributed by atoms with van der Waals surface area (Å²) in [6.45, 7) is 1.54. The Morgan fingerprint density at radius 3 is 2.40 bits per heavy atom. The highest BCUT2D eigenvalue weighted by Crippen LogP contribution is 2.44. The van der Waals surface area contributed by atoms with Crippen molar-refractivity contribution in [2.75, 3.05) is 32.7 Å². The highest BCUT2D eigenvalue weighted by atomic mass is 35.5. The van der Waals surface area contributed by atoms with E-state index in [0.717, 1.165) is 25.3 Å². The molecule has 1 heterocycles. The molecule has 0 bridgehead atoms. The van der Waals surface area contributed by atoms with E-state index in [9.17, 15) is 34.6 Å². The number of hydrogen-bond acceptors (Lipinski definition) is 10. The number of nitrogens with zero attached hydrogens (tertiary/aromatic N) is 3. The van der Waals surface area contributed by atoms with E-state index >= 15 is 4.39 Å². The van der Waals surface area contributed by atoms with Crippen LogP contribution in [0.25, 0.3) is 0 Å². The van der Waals surface area contributed by atoms with Gasteiger partial charge in [-0.1, -0.05) is 41.4 Å². The number of likely N-dealkylation sites (tertiary alicyclic amines) is 1. The second-order valence-electron chi connectivity index (χ2n) is 10.7. The number of aryl methyl sites for hydroxylation is 1. The van der Waals surface area contributed by atoms with Crippen LogP contribution in [0.5, 0.6) is 0 Å². The van der Waals surface area contributed by atoms with Gasteiger partial charge >= 0.3 is 5.97 Å². The van der Waals surface area contributed by atoms with Crippen LogP contribution in [-0.2, 0) is 14.3 Å². The number of halogens is 3. The molecule has 0 saturated carbocycles. The molecule has 3 aromatic carbocycles. The molecule has 1 aliphatic rings. The molecule has 16 heteroatoms. The normalized spacial score (nSPS) is 19.3. The number of carbonyl (C=O) groups is 3. The van der Waals surface area contributed by atoms with Crippen LogP contribution in [-0.4, -0.2) is 77.9 Å². The highest BCUT2D eigenvalue weighted by molar-refractivity contribution is 6.31. The molecule has 13 nitrogen and oxygen atoms in total. The fourth-order valence-electron chi connectivity index (χ4n) is 5.89. The Kier molecular flexibility index (Phi) is 11.2. The van der Waals surface area contributed by atoms with E-state index in [1.807, 2.05) is 0 Å². The number of esters is 1. The minimum Gasteiger partial charge on any atom is -0.465 e. The molecule has 0 aromatic heterocycles. The third-order valence-electron chi connectivity index (χ3n) is 8.06. The summed E-state index contributed by atoms with van der Waals surface area (Å²) >= 11 is 12.2. The summed E-state index contributed by atoms with van der Waals surface area (Å²) in [4.78, 5) is 64.5. The molecule has 4 rings (SSSR count). The van der Waals surface area contributed by atoms with Crippen molar-refractivity contribution in [3.63, 3.8) is 0 Å². The van der Waals surface area contributed by atoms with Gasteiger partial charge < -0.3 is 14.8 Å². The summed E-state index contributed by atoms with van der Waals surface area (Å²) in [5.74, 6) is -4.97. The van der Waals surface area contributed by atoms with Gasteiger partial charge in [0.15, 0.2) is 5.78 Å². The molecule has 47 heavy (non-hydrogen) atoms. The van der Waals surface area contributed by atoms with Crippen LogP contribution in [0.2, 0.25) is 10.0 Å². The molecule has 0 aliphatic carbocycles. The van der Waals surface area contributed by atoms with Gasteiger partial charge in [0.25, 0.3) is 5.69 Å². The lowest BCUT2D eigenvalue weighted by molar-refractivity contribution is -0.527. The quantitative estimate of drug-likeness (QED) is 0.111. The molecule has 0 unspecified atom stereocenters. The Labute approximate surface area is 277 Å².